The second-order valence-electron chi connectivity index (χ2n) is 3.62. The van der Waals surface area contributed by atoms with Crippen molar-refractivity contribution in [2.75, 3.05) is 0 Å². The van der Waals surface area contributed by atoms with Crippen LogP contribution in [0.5, 0.6) is 0 Å². The van der Waals surface area contributed by atoms with Crippen molar-refractivity contribution >= 4 is 23.2 Å². The van der Waals surface area contributed by atoms with Crippen molar-refractivity contribution in [1.82, 2.24) is 10.3 Å². The lowest BCUT2D eigenvalue weighted by Gasteiger charge is -2.12. The van der Waals surface area contributed by atoms with Crippen LogP contribution in [0.3, 0.4) is 0 Å². The maximum Gasteiger partial charge on any atom is 0.331 e. The van der Waals surface area contributed by atoms with Gasteiger partial charge in [0.2, 0.25) is 5.91 Å². The van der Waals surface area contributed by atoms with Crippen molar-refractivity contribution in [1.29, 1.82) is 0 Å². The Morgan fingerprint density at radius 3 is 2.53 bits per heavy atom. The molecule has 0 aliphatic rings. The largest absolute Gasteiger partial charge is 0.478 e. The number of hydrogen-bond acceptors (Lipinski definition) is 4. The Hall–Kier alpha value is -1.69. The molecule has 6 heteroatoms. The van der Waals surface area contributed by atoms with Crippen LogP contribution >= 0.6 is 11.3 Å². The number of thiazole rings is 1. The van der Waals surface area contributed by atoms with Crippen molar-refractivity contribution in [3.05, 3.63) is 27.7 Å². The number of aromatic nitrogens is 1. The first-order valence-corrected chi connectivity index (χ1v) is 5.92. The van der Waals surface area contributed by atoms with Gasteiger partial charge in [0.25, 0.3) is 0 Å². The topological polar surface area (TPSA) is 79.3 Å². The van der Waals surface area contributed by atoms with Crippen LogP contribution in [0.15, 0.2) is 22.7 Å². The monoisotopic (exact) mass is 254 g/mol. The Labute approximate surface area is 103 Å². The summed E-state index contributed by atoms with van der Waals surface area (Å²) in [5, 5.41) is 14.1. The van der Waals surface area contributed by atoms with Gasteiger partial charge in [0.15, 0.2) is 0 Å². The minimum Gasteiger partial charge on any atom is -0.478 e. The van der Waals surface area contributed by atoms with Crippen LogP contribution in [0.4, 0.5) is 0 Å². The van der Waals surface area contributed by atoms with Crippen molar-refractivity contribution in [2.45, 2.75) is 26.8 Å². The summed E-state index contributed by atoms with van der Waals surface area (Å²) in [6.45, 7) is 4.71. The van der Waals surface area contributed by atoms with E-state index < -0.39 is 5.97 Å². The zero-order valence-electron chi connectivity index (χ0n) is 9.85. The molecule has 1 aromatic rings. The number of aliphatic carboxylic acids is 1. The molecule has 0 saturated heterocycles. The molecule has 92 valence electrons. The third kappa shape index (κ3) is 3.39. The highest BCUT2D eigenvalue weighted by Crippen LogP contribution is 2.15. The van der Waals surface area contributed by atoms with Gasteiger partial charge in [-0.2, -0.15) is 0 Å². The van der Waals surface area contributed by atoms with Crippen LogP contribution in [0.25, 0.3) is 0 Å². The second kappa shape index (κ2) is 5.58. The summed E-state index contributed by atoms with van der Waals surface area (Å²) in [4.78, 5) is 26.5. The molecule has 0 fully saturated rings. The van der Waals surface area contributed by atoms with E-state index in [4.69, 9.17) is 5.11 Å². The van der Waals surface area contributed by atoms with Crippen LogP contribution in [0.1, 0.15) is 31.8 Å². The van der Waals surface area contributed by atoms with Gasteiger partial charge in [-0.05, 0) is 20.8 Å². The van der Waals surface area contributed by atoms with E-state index in [1.807, 2.05) is 5.38 Å². The molecular weight excluding hydrogens is 240 g/mol. The lowest BCUT2D eigenvalue weighted by atomic mass is 10.1. The third-order valence-corrected chi connectivity index (χ3v) is 3.35. The molecule has 17 heavy (non-hydrogen) atoms. The number of carbonyl (C=O) groups is 2. The molecule has 1 unspecified atom stereocenters. The highest BCUT2D eigenvalue weighted by Gasteiger charge is 2.16. The quantitative estimate of drug-likeness (QED) is 0.802. The van der Waals surface area contributed by atoms with Gasteiger partial charge in [-0.15, -0.1) is 11.3 Å². The van der Waals surface area contributed by atoms with Gasteiger partial charge in [-0.3, -0.25) is 4.79 Å². The maximum absolute atomic E-state index is 11.7. The minimum atomic E-state index is -1.08. The molecule has 0 aliphatic carbocycles. The summed E-state index contributed by atoms with van der Waals surface area (Å²) in [6, 6.07) is -0.223. The van der Waals surface area contributed by atoms with Gasteiger partial charge >= 0.3 is 5.97 Å². The van der Waals surface area contributed by atoms with Gasteiger partial charge in [-0.25, -0.2) is 9.78 Å². The van der Waals surface area contributed by atoms with Gasteiger partial charge in [-0.1, -0.05) is 0 Å². The molecule has 1 rings (SSSR count). The van der Waals surface area contributed by atoms with E-state index in [2.05, 4.69) is 10.3 Å². The standard InChI is InChI=1S/C11H14N2O3S/c1-6(7(2)11(15)16)9(14)13-8(3)10-12-4-5-17-10/h4-5,8H,1-3H3,(H,13,14)(H,15,16). The first-order valence-electron chi connectivity index (χ1n) is 5.04. The number of rotatable bonds is 4. The zero-order chi connectivity index (χ0) is 13.0. The molecule has 5 nitrogen and oxygen atoms in total. The lowest BCUT2D eigenvalue weighted by molar-refractivity contribution is -0.133. The molecular formula is C11H14N2O3S. The minimum absolute atomic E-state index is 0.0499. The zero-order valence-corrected chi connectivity index (χ0v) is 10.7. The number of amides is 1. The van der Waals surface area contributed by atoms with Gasteiger partial charge in [0, 0.05) is 22.7 Å². The first kappa shape index (κ1) is 13.4. The summed E-state index contributed by atoms with van der Waals surface area (Å²) >= 11 is 1.44. The summed E-state index contributed by atoms with van der Waals surface area (Å²) in [5.74, 6) is -1.47. The van der Waals surface area contributed by atoms with Crippen molar-refractivity contribution in [3.8, 4) is 0 Å². The highest BCUT2D eigenvalue weighted by molar-refractivity contribution is 7.09. The average Bonchev–Trinajstić information content (AvgIpc) is 2.80. The first-order chi connectivity index (χ1) is 7.93. The maximum atomic E-state index is 11.7. The SMILES string of the molecule is CC(C(=O)O)=C(C)C(=O)NC(C)c1nccs1. The molecule has 0 saturated carbocycles. The van der Waals surface area contributed by atoms with E-state index in [9.17, 15) is 9.59 Å². The number of hydrogen-bond donors (Lipinski definition) is 2. The number of carboxylic acid groups (broad SMARTS) is 1. The van der Waals surface area contributed by atoms with E-state index in [-0.39, 0.29) is 23.1 Å². The molecule has 1 amide bonds. The summed E-state index contributed by atoms with van der Waals surface area (Å²) < 4.78 is 0. The Balaban J connectivity index is 2.74. The molecule has 0 aromatic carbocycles. The van der Waals surface area contributed by atoms with E-state index in [1.54, 1.807) is 13.1 Å². The number of carbonyl (C=O) groups excluding carboxylic acids is 1. The number of carboxylic acids is 1. The van der Waals surface area contributed by atoms with E-state index in [0.717, 1.165) is 5.01 Å². The van der Waals surface area contributed by atoms with Gasteiger partial charge in [0.05, 0.1) is 6.04 Å². The Morgan fingerprint density at radius 1 is 1.41 bits per heavy atom. The van der Waals surface area contributed by atoms with Crippen LogP contribution in [0.2, 0.25) is 0 Å². The van der Waals surface area contributed by atoms with E-state index in [1.165, 1.54) is 25.2 Å². The van der Waals surface area contributed by atoms with E-state index in [0.29, 0.717) is 0 Å². The van der Waals surface area contributed by atoms with Crippen molar-refractivity contribution in [2.24, 2.45) is 0 Å². The summed E-state index contributed by atoms with van der Waals surface area (Å²) in [6.07, 6.45) is 1.66. The Kier molecular flexibility index (Phi) is 4.39. The fourth-order valence-corrected chi connectivity index (χ4v) is 1.79. The number of nitrogens with zero attached hydrogens (tertiary/aromatic N) is 1. The Morgan fingerprint density at radius 2 is 2.06 bits per heavy atom. The van der Waals surface area contributed by atoms with Gasteiger partial charge < -0.3 is 10.4 Å². The summed E-state index contributed by atoms with van der Waals surface area (Å²) in [7, 11) is 0. The predicted molar refractivity (Wildman–Crippen MR) is 64.7 cm³/mol. The molecule has 0 aliphatic heterocycles. The average molecular weight is 254 g/mol. The molecule has 1 atom stereocenters. The summed E-state index contributed by atoms with van der Waals surface area (Å²) in [5.41, 5.74) is 0.259. The molecule has 0 spiro atoms. The fourth-order valence-electron chi connectivity index (χ4n) is 1.15. The highest BCUT2D eigenvalue weighted by atomic mass is 32.1. The van der Waals surface area contributed by atoms with Gasteiger partial charge in [0.1, 0.15) is 5.01 Å². The molecule has 1 aromatic heterocycles. The Bertz CT molecular complexity index is 451. The van der Waals surface area contributed by atoms with Crippen LogP contribution in [-0.2, 0) is 9.59 Å². The molecule has 0 radical (unpaired) electrons. The predicted octanol–water partition coefficient (Wildman–Crippen LogP) is 1.74. The van der Waals surface area contributed by atoms with Crippen molar-refractivity contribution < 1.29 is 14.7 Å². The number of nitrogens with one attached hydrogen (secondary N) is 1. The third-order valence-electron chi connectivity index (χ3n) is 2.39. The van der Waals surface area contributed by atoms with Crippen molar-refractivity contribution in [3.63, 3.8) is 0 Å². The molecule has 1 heterocycles. The second-order valence-corrected chi connectivity index (χ2v) is 4.55. The van der Waals surface area contributed by atoms with E-state index >= 15 is 0 Å². The van der Waals surface area contributed by atoms with Crippen LogP contribution in [0, 0.1) is 0 Å². The molecule has 2 N–H and O–H groups in total. The van der Waals surface area contributed by atoms with Crippen LogP contribution in [-0.4, -0.2) is 22.0 Å². The molecule has 0 bridgehead atoms. The normalized spacial score (nSPS) is 13.8. The lowest BCUT2D eigenvalue weighted by Crippen LogP contribution is -2.28. The van der Waals surface area contributed by atoms with Crippen LogP contribution < -0.4 is 5.32 Å². The smallest absolute Gasteiger partial charge is 0.331 e. The fraction of sp³-hybridized carbons (Fsp3) is 0.364.